The second kappa shape index (κ2) is 7.11. The van der Waals surface area contributed by atoms with Gasteiger partial charge in [0, 0.05) is 51.2 Å². The van der Waals surface area contributed by atoms with Crippen LogP contribution in [0.25, 0.3) is 0 Å². The summed E-state index contributed by atoms with van der Waals surface area (Å²) in [6.07, 6.45) is 4.57. The summed E-state index contributed by atoms with van der Waals surface area (Å²) < 4.78 is 0. The van der Waals surface area contributed by atoms with E-state index in [-0.39, 0.29) is 6.10 Å². The normalized spacial score (nSPS) is 22.9. The fourth-order valence-corrected chi connectivity index (χ4v) is 2.80. The number of hydrogen-bond acceptors (Lipinski definition) is 5. The largest absolute Gasteiger partial charge is 0.392 e. The Morgan fingerprint density at radius 1 is 1.35 bits per heavy atom. The number of aliphatic hydroxyl groups excluding tert-OH is 1. The quantitative estimate of drug-likeness (QED) is 0.873. The number of aromatic nitrogens is 2. The molecule has 2 rings (SSSR count). The van der Waals surface area contributed by atoms with E-state index in [0.29, 0.717) is 6.04 Å². The molecule has 0 aromatic carbocycles. The van der Waals surface area contributed by atoms with Crippen LogP contribution in [0.4, 0.5) is 0 Å². The van der Waals surface area contributed by atoms with E-state index < -0.39 is 0 Å². The van der Waals surface area contributed by atoms with Gasteiger partial charge in [0.25, 0.3) is 0 Å². The highest BCUT2D eigenvalue weighted by molar-refractivity contribution is 5.01. The minimum Gasteiger partial charge on any atom is -0.392 e. The van der Waals surface area contributed by atoms with Gasteiger partial charge in [-0.05, 0) is 20.3 Å². The van der Waals surface area contributed by atoms with Crippen LogP contribution in [0.5, 0.6) is 0 Å². The summed E-state index contributed by atoms with van der Waals surface area (Å²) in [5, 5.41) is 9.57. The van der Waals surface area contributed by atoms with Crippen molar-refractivity contribution in [1.82, 2.24) is 19.8 Å². The molecule has 1 aliphatic rings. The molecular weight excluding hydrogens is 252 g/mol. The van der Waals surface area contributed by atoms with Crippen molar-refractivity contribution >= 4 is 0 Å². The molecule has 5 heteroatoms. The minimum absolute atomic E-state index is 0.251. The maximum atomic E-state index is 9.57. The van der Waals surface area contributed by atoms with Gasteiger partial charge in [-0.25, -0.2) is 0 Å². The zero-order chi connectivity index (χ0) is 14.5. The number of aliphatic hydroxyl groups is 1. The first kappa shape index (κ1) is 15.4. The Labute approximate surface area is 121 Å². The standard InChI is InChI=1S/C15H26N4O/c1-4-15-11-18(5-6-19(15)9-13(3)20)10-14-8-16-12(2)7-17-14/h7-8,13,15,20H,4-6,9-11H2,1-3H3/t13-,15-/m0/s1. The maximum Gasteiger partial charge on any atom is 0.0727 e. The predicted octanol–water partition coefficient (Wildman–Crippen LogP) is 1.06. The average Bonchev–Trinajstić information content (AvgIpc) is 2.42. The number of rotatable bonds is 5. The van der Waals surface area contributed by atoms with Crippen molar-refractivity contribution in [2.45, 2.75) is 45.9 Å². The highest BCUT2D eigenvalue weighted by Gasteiger charge is 2.26. The zero-order valence-electron chi connectivity index (χ0n) is 12.8. The van der Waals surface area contributed by atoms with Crippen molar-refractivity contribution < 1.29 is 5.11 Å². The van der Waals surface area contributed by atoms with Crippen LogP contribution in [0.15, 0.2) is 12.4 Å². The molecule has 20 heavy (non-hydrogen) atoms. The summed E-state index contributed by atoms with van der Waals surface area (Å²) in [4.78, 5) is 13.6. The minimum atomic E-state index is -0.251. The van der Waals surface area contributed by atoms with Gasteiger partial charge >= 0.3 is 0 Å². The molecule has 1 aromatic rings. The highest BCUT2D eigenvalue weighted by atomic mass is 16.3. The molecule has 5 nitrogen and oxygen atoms in total. The van der Waals surface area contributed by atoms with Crippen molar-refractivity contribution in [3.05, 3.63) is 23.8 Å². The van der Waals surface area contributed by atoms with Crippen LogP contribution in [0.3, 0.4) is 0 Å². The Kier molecular flexibility index (Phi) is 5.46. The molecule has 1 aromatic heterocycles. The number of hydrogen-bond donors (Lipinski definition) is 1. The SMILES string of the molecule is CC[C@H]1CN(Cc2cnc(C)cn2)CCN1C[C@H](C)O. The molecule has 0 unspecified atom stereocenters. The molecular formula is C15H26N4O. The topological polar surface area (TPSA) is 52.5 Å². The molecule has 0 saturated carbocycles. The third-order valence-electron chi connectivity index (χ3n) is 3.88. The summed E-state index contributed by atoms with van der Waals surface area (Å²) in [5.74, 6) is 0. The van der Waals surface area contributed by atoms with Crippen molar-refractivity contribution in [2.75, 3.05) is 26.2 Å². The Hall–Kier alpha value is -1.04. The van der Waals surface area contributed by atoms with E-state index in [0.717, 1.165) is 50.5 Å². The van der Waals surface area contributed by atoms with E-state index in [2.05, 4.69) is 26.7 Å². The van der Waals surface area contributed by atoms with E-state index >= 15 is 0 Å². The van der Waals surface area contributed by atoms with Crippen LogP contribution in [0.2, 0.25) is 0 Å². The summed E-state index contributed by atoms with van der Waals surface area (Å²) in [6.45, 7) is 10.8. The second-order valence-electron chi connectivity index (χ2n) is 5.79. The van der Waals surface area contributed by atoms with Crippen molar-refractivity contribution in [2.24, 2.45) is 0 Å². The number of β-amino-alcohol motifs (C(OH)–C–C–N with tert-alkyl or cyclic N) is 1. The van der Waals surface area contributed by atoms with E-state index in [9.17, 15) is 5.11 Å². The number of piperazine rings is 1. The summed E-state index contributed by atoms with van der Waals surface area (Å²) in [5.41, 5.74) is 2.00. The van der Waals surface area contributed by atoms with Crippen molar-refractivity contribution in [3.8, 4) is 0 Å². The Morgan fingerprint density at radius 2 is 2.15 bits per heavy atom. The van der Waals surface area contributed by atoms with Gasteiger partial charge in [-0.3, -0.25) is 19.8 Å². The van der Waals surface area contributed by atoms with Gasteiger partial charge in [0.15, 0.2) is 0 Å². The number of nitrogens with zero attached hydrogens (tertiary/aromatic N) is 4. The molecule has 1 N–H and O–H groups in total. The van der Waals surface area contributed by atoms with Gasteiger partial charge in [0.05, 0.1) is 17.5 Å². The van der Waals surface area contributed by atoms with Gasteiger partial charge in [0.1, 0.15) is 0 Å². The maximum absolute atomic E-state index is 9.57. The van der Waals surface area contributed by atoms with E-state index in [1.165, 1.54) is 0 Å². The molecule has 0 radical (unpaired) electrons. The molecule has 2 atom stereocenters. The fraction of sp³-hybridized carbons (Fsp3) is 0.733. The lowest BCUT2D eigenvalue weighted by Gasteiger charge is -2.41. The van der Waals surface area contributed by atoms with Crippen molar-refractivity contribution in [3.63, 3.8) is 0 Å². The van der Waals surface area contributed by atoms with Crippen LogP contribution in [0.1, 0.15) is 31.7 Å². The van der Waals surface area contributed by atoms with E-state index in [4.69, 9.17) is 0 Å². The van der Waals surface area contributed by atoms with E-state index in [1.807, 2.05) is 26.2 Å². The van der Waals surface area contributed by atoms with Crippen LogP contribution in [-0.2, 0) is 6.54 Å². The molecule has 0 amide bonds. The van der Waals surface area contributed by atoms with Gasteiger partial charge < -0.3 is 5.11 Å². The Balaban J connectivity index is 1.91. The van der Waals surface area contributed by atoms with Gasteiger partial charge in [-0.2, -0.15) is 0 Å². The monoisotopic (exact) mass is 278 g/mol. The van der Waals surface area contributed by atoms with Gasteiger partial charge in [-0.15, -0.1) is 0 Å². The van der Waals surface area contributed by atoms with Crippen molar-refractivity contribution in [1.29, 1.82) is 0 Å². The smallest absolute Gasteiger partial charge is 0.0727 e. The first-order valence-corrected chi connectivity index (χ1v) is 7.50. The molecule has 0 spiro atoms. The van der Waals surface area contributed by atoms with Gasteiger partial charge in [-0.1, -0.05) is 6.92 Å². The molecule has 112 valence electrons. The first-order chi connectivity index (χ1) is 9.58. The lowest BCUT2D eigenvalue weighted by Crippen LogP contribution is -2.54. The van der Waals surface area contributed by atoms with E-state index in [1.54, 1.807) is 0 Å². The lowest BCUT2D eigenvalue weighted by atomic mass is 10.1. The average molecular weight is 278 g/mol. The molecule has 0 aliphatic carbocycles. The summed E-state index contributed by atoms with van der Waals surface area (Å²) >= 11 is 0. The lowest BCUT2D eigenvalue weighted by molar-refractivity contribution is 0.0333. The molecule has 1 saturated heterocycles. The third kappa shape index (κ3) is 4.23. The Bertz CT molecular complexity index is 407. The van der Waals surface area contributed by atoms with Gasteiger partial charge in [0.2, 0.25) is 0 Å². The summed E-state index contributed by atoms with van der Waals surface area (Å²) in [6, 6.07) is 0.525. The molecule has 2 heterocycles. The third-order valence-corrected chi connectivity index (χ3v) is 3.88. The molecule has 0 bridgehead atoms. The zero-order valence-corrected chi connectivity index (χ0v) is 12.8. The number of aryl methyl sites for hydroxylation is 1. The Morgan fingerprint density at radius 3 is 2.75 bits per heavy atom. The second-order valence-corrected chi connectivity index (χ2v) is 5.79. The fourth-order valence-electron chi connectivity index (χ4n) is 2.80. The van der Waals surface area contributed by atoms with Crippen LogP contribution >= 0.6 is 0 Å². The van der Waals surface area contributed by atoms with Crippen LogP contribution < -0.4 is 0 Å². The highest BCUT2D eigenvalue weighted by Crippen LogP contribution is 2.15. The van der Waals surface area contributed by atoms with Crippen LogP contribution in [-0.4, -0.2) is 63.2 Å². The first-order valence-electron chi connectivity index (χ1n) is 7.50. The molecule has 1 aliphatic heterocycles. The van der Waals surface area contributed by atoms with Crippen LogP contribution in [0, 0.1) is 6.92 Å². The predicted molar refractivity (Wildman–Crippen MR) is 79.4 cm³/mol. The summed E-state index contributed by atoms with van der Waals surface area (Å²) in [7, 11) is 0. The molecule has 1 fully saturated rings.